The van der Waals surface area contributed by atoms with Gasteiger partial charge in [-0.25, -0.2) is 19.6 Å². The van der Waals surface area contributed by atoms with Crippen LogP contribution in [0.4, 0.5) is 22.1 Å². The van der Waals surface area contributed by atoms with Gasteiger partial charge in [0.2, 0.25) is 0 Å². The zero-order valence-corrected chi connectivity index (χ0v) is 23.2. The second kappa shape index (κ2) is 13.0. The Bertz CT molecular complexity index is 1460. The molecule has 2 aromatic carbocycles. The van der Waals surface area contributed by atoms with Crippen molar-refractivity contribution in [2.45, 2.75) is 37.8 Å². The molecule has 3 aromatic rings. The number of carbonyl (C=O) groups excluding carboxylic acids is 1. The van der Waals surface area contributed by atoms with Gasteiger partial charge in [0.05, 0.1) is 0 Å². The van der Waals surface area contributed by atoms with E-state index >= 15 is 0 Å². The number of benzene rings is 2. The number of aromatic carboxylic acids is 1. The number of carboxylic acid groups (broad SMARTS) is 1. The van der Waals surface area contributed by atoms with E-state index in [-0.39, 0.29) is 40.3 Å². The number of nitrogen functional groups attached to an aromatic ring is 1. The SMILES string of the molecule is CCNC(=O)Nc1ncnc(NC2OC(COc3ccc(Cl)cc3C(=O)O)C3O[C@H](/C=C/c4ccccc4)OC23)c1N. The summed E-state index contributed by atoms with van der Waals surface area (Å²) in [6.07, 6.45) is 1.55. The molecule has 3 heterocycles. The van der Waals surface area contributed by atoms with Crippen LogP contribution >= 0.6 is 11.6 Å². The van der Waals surface area contributed by atoms with Gasteiger partial charge in [0, 0.05) is 11.6 Å². The second-order valence-electron chi connectivity index (χ2n) is 9.30. The molecule has 5 rings (SSSR count). The Morgan fingerprint density at radius 3 is 2.62 bits per heavy atom. The van der Waals surface area contributed by atoms with E-state index in [0.717, 1.165) is 5.56 Å². The highest BCUT2D eigenvalue weighted by Crippen LogP contribution is 2.37. The lowest BCUT2D eigenvalue weighted by Gasteiger charge is -2.22. The van der Waals surface area contributed by atoms with E-state index < -0.39 is 42.8 Å². The van der Waals surface area contributed by atoms with E-state index in [1.807, 2.05) is 36.4 Å². The van der Waals surface area contributed by atoms with E-state index in [4.69, 9.17) is 36.3 Å². The van der Waals surface area contributed by atoms with Gasteiger partial charge >= 0.3 is 12.0 Å². The molecule has 0 saturated carbocycles. The number of fused-ring (bicyclic) bond motifs is 1. The lowest BCUT2D eigenvalue weighted by atomic mass is 10.1. The number of halogens is 1. The van der Waals surface area contributed by atoms with Gasteiger partial charge in [0.15, 0.2) is 24.2 Å². The number of urea groups is 1. The van der Waals surface area contributed by atoms with Gasteiger partial charge < -0.3 is 40.4 Å². The monoisotopic (exact) mass is 596 g/mol. The average Bonchev–Trinajstić information content (AvgIpc) is 3.53. The predicted octanol–water partition coefficient (Wildman–Crippen LogP) is 3.59. The number of amides is 2. The first-order chi connectivity index (χ1) is 20.3. The molecule has 1 aromatic heterocycles. The number of carbonyl (C=O) groups is 2. The maximum Gasteiger partial charge on any atom is 0.339 e. The number of nitrogens with one attached hydrogen (secondary N) is 3. The fraction of sp³-hybridized carbons (Fsp3) is 0.286. The van der Waals surface area contributed by atoms with Crippen molar-refractivity contribution in [3.63, 3.8) is 0 Å². The normalized spacial score (nSPS) is 23.0. The number of carboxylic acids is 1. The van der Waals surface area contributed by atoms with Crippen molar-refractivity contribution in [1.82, 2.24) is 15.3 Å². The topological polar surface area (TPSA) is 179 Å². The van der Waals surface area contributed by atoms with Gasteiger partial charge in [-0.1, -0.05) is 48.0 Å². The average molecular weight is 597 g/mol. The molecule has 0 spiro atoms. The summed E-state index contributed by atoms with van der Waals surface area (Å²) in [7, 11) is 0. The summed E-state index contributed by atoms with van der Waals surface area (Å²) in [5.41, 5.74) is 7.23. The maximum atomic E-state index is 12.0. The van der Waals surface area contributed by atoms with Crippen LogP contribution in [0.15, 0.2) is 60.9 Å². The zero-order valence-electron chi connectivity index (χ0n) is 22.4. The lowest BCUT2D eigenvalue weighted by molar-refractivity contribution is -0.107. The first-order valence-corrected chi connectivity index (χ1v) is 13.5. The van der Waals surface area contributed by atoms with Crippen LogP contribution in [0, 0.1) is 0 Å². The summed E-state index contributed by atoms with van der Waals surface area (Å²) >= 11 is 5.97. The Balaban J connectivity index is 1.35. The molecular weight excluding hydrogens is 568 g/mol. The van der Waals surface area contributed by atoms with Crippen LogP contribution in [0.5, 0.6) is 5.75 Å². The Labute approximate surface area is 246 Å². The van der Waals surface area contributed by atoms with E-state index in [9.17, 15) is 14.7 Å². The summed E-state index contributed by atoms with van der Waals surface area (Å²) in [6, 6.07) is 13.5. The Morgan fingerprint density at radius 1 is 1.10 bits per heavy atom. The van der Waals surface area contributed by atoms with Gasteiger partial charge in [0.1, 0.15) is 48.2 Å². The summed E-state index contributed by atoms with van der Waals surface area (Å²) in [6.45, 7) is 2.15. The summed E-state index contributed by atoms with van der Waals surface area (Å²) in [4.78, 5) is 32.0. The molecule has 42 heavy (non-hydrogen) atoms. The van der Waals surface area contributed by atoms with Gasteiger partial charge in [-0.2, -0.15) is 0 Å². The van der Waals surface area contributed by atoms with Crippen LogP contribution in [0.3, 0.4) is 0 Å². The fourth-order valence-electron chi connectivity index (χ4n) is 4.50. The minimum absolute atomic E-state index is 0.0526. The molecule has 220 valence electrons. The van der Waals surface area contributed by atoms with Crippen molar-refractivity contribution in [3.05, 3.63) is 77.1 Å². The van der Waals surface area contributed by atoms with Crippen LogP contribution in [0.1, 0.15) is 22.8 Å². The van der Waals surface area contributed by atoms with Crippen LogP contribution in [0.25, 0.3) is 6.08 Å². The molecule has 13 nitrogen and oxygen atoms in total. The van der Waals surface area contributed by atoms with Crippen LogP contribution in [0.2, 0.25) is 5.02 Å². The molecule has 2 saturated heterocycles. The standard InChI is InChI=1S/C28H29ClN6O7/c1-2-31-28(38)35-25-21(30)24(32-14-33-25)34-26-23-22(41-20(42-23)11-8-15-6-4-3-5-7-15)19(40-26)13-39-18-10-9-16(29)12-17(18)27(36)37/h3-12,14,19-20,22-23,26H,2,13,30H2,1H3,(H,36,37)(H3,31,32,33,34,35,38)/b11-8+/t19?,20-,22?,23?,26?/m0/s1. The number of anilines is 3. The van der Waals surface area contributed by atoms with Crippen molar-refractivity contribution in [3.8, 4) is 5.75 Å². The van der Waals surface area contributed by atoms with Crippen molar-refractivity contribution in [2.24, 2.45) is 0 Å². The number of rotatable bonds is 10. The molecule has 2 aliphatic rings. The van der Waals surface area contributed by atoms with Crippen molar-refractivity contribution < 1.29 is 33.6 Å². The fourth-order valence-corrected chi connectivity index (χ4v) is 4.67. The zero-order chi connectivity index (χ0) is 29.6. The smallest absolute Gasteiger partial charge is 0.339 e. The number of nitrogens with two attached hydrogens (primary N) is 1. The molecule has 2 fully saturated rings. The molecule has 0 aliphatic carbocycles. The van der Waals surface area contributed by atoms with Gasteiger partial charge in [-0.05, 0) is 36.8 Å². The van der Waals surface area contributed by atoms with E-state index in [1.54, 1.807) is 13.0 Å². The second-order valence-corrected chi connectivity index (χ2v) is 9.74. The molecule has 5 atom stereocenters. The van der Waals surface area contributed by atoms with Crippen LogP contribution < -0.4 is 26.4 Å². The van der Waals surface area contributed by atoms with E-state index in [2.05, 4.69) is 25.9 Å². The lowest BCUT2D eigenvalue weighted by Crippen LogP contribution is -2.35. The quantitative estimate of drug-likeness (QED) is 0.231. The maximum absolute atomic E-state index is 12.0. The van der Waals surface area contributed by atoms with Crippen molar-refractivity contribution >= 4 is 47.0 Å². The number of hydrogen-bond acceptors (Lipinski definition) is 10. The molecule has 0 bridgehead atoms. The van der Waals surface area contributed by atoms with Crippen LogP contribution in [-0.4, -0.2) is 71.1 Å². The number of ether oxygens (including phenoxy) is 4. The summed E-state index contributed by atoms with van der Waals surface area (Å²) < 4.78 is 24.4. The number of hydrogen-bond donors (Lipinski definition) is 5. The molecular formula is C28H29ClN6O7. The molecule has 6 N–H and O–H groups in total. The first kappa shape index (κ1) is 29.1. The van der Waals surface area contributed by atoms with Gasteiger partial charge in [0.25, 0.3) is 0 Å². The Kier molecular flexibility index (Phi) is 9.03. The highest BCUT2D eigenvalue weighted by atomic mass is 35.5. The van der Waals surface area contributed by atoms with Crippen LogP contribution in [-0.2, 0) is 14.2 Å². The highest BCUT2D eigenvalue weighted by molar-refractivity contribution is 6.31. The van der Waals surface area contributed by atoms with E-state index in [1.165, 1.54) is 24.5 Å². The van der Waals surface area contributed by atoms with Gasteiger partial charge in [-0.3, -0.25) is 5.32 Å². The minimum atomic E-state index is -1.18. The molecule has 14 heteroatoms. The summed E-state index contributed by atoms with van der Waals surface area (Å²) in [5.74, 6) is -0.729. The minimum Gasteiger partial charge on any atom is -0.490 e. The molecule has 4 unspecified atom stereocenters. The third-order valence-corrected chi connectivity index (χ3v) is 6.68. The number of aromatic nitrogens is 2. The molecule has 2 aliphatic heterocycles. The third kappa shape index (κ3) is 6.71. The Morgan fingerprint density at radius 2 is 1.86 bits per heavy atom. The largest absolute Gasteiger partial charge is 0.490 e. The third-order valence-electron chi connectivity index (χ3n) is 6.45. The van der Waals surface area contributed by atoms with Crippen molar-refractivity contribution in [2.75, 3.05) is 29.5 Å². The van der Waals surface area contributed by atoms with Gasteiger partial charge in [-0.15, -0.1) is 0 Å². The molecule has 0 radical (unpaired) electrons. The molecule has 2 amide bonds. The van der Waals surface area contributed by atoms with Crippen molar-refractivity contribution in [1.29, 1.82) is 0 Å². The Hall–Kier alpha value is -4.43. The first-order valence-electron chi connectivity index (χ1n) is 13.1. The number of nitrogens with zero attached hydrogens (tertiary/aromatic N) is 2. The van der Waals surface area contributed by atoms with E-state index in [0.29, 0.717) is 6.54 Å². The predicted molar refractivity (Wildman–Crippen MR) is 154 cm³/mol. The highest BCUT2D eigenvalue weighted by Gasteiger charge is 2.53. The summed E-state index contributed by atoms with van der Waals surface area (Å²) in [5, 5.41) is 18.1.